The lowest BCUT2D eigenvalue weighted by molar-refractivity contribution is -0.137. The second-order valence-electron chi connectivity index (χ2n) is 6.41. The summed E-state index contributed by atoms with van der Waals surface area (Å²) >= 11 is 0. The van der Waals surface area contributed by atoms with Crippen LogP contribution in [0.5, 0.6) is 0 Å². The normalized spacial score (nSPS) is 16.0. The third-order valence-electron chi connectivity index (χ3n) is 4.47. The van der Waals surface area contributed by atoms with Crippen molar-refractivity contribution in [3.05, 3.63) is 60.2 Å². The lowest BCUT2D eigenvalue weighted by Crippen LogP contribution is -2.36. The molecule has 2 aromatic rings. The number of anilines is 2. The van der Waals surface area contributed by atoms with Gasteiger partial charge in [-0.25, -0.2) is 4.79 Å². The van der Waals surface area contributed by atoms with E-state index in [9.17, 15) is 14.4 Å². The number of nitrogens with zero attached hydrogens (tertiary/aromatic N) is 1. The predicted molar refractivity (Wildman–Crippen MR) is 102 cm³/mol. The second-order valence-corrected chi connectivity index (χ2v) is 6.41. The molecule has 0 radical (unpaired) electrons. The van der Waals surface area contributed by atoms with E-state index in [1.165, 1.54) is 0 Å². The number of carboxylic acids is 1. The number of hydrogen-bond donors (Lipinski definition) is 3. The molecule has 1 aliphatic heterocycles. The van der Waals surface area contributed by atoms with Crippen LogP contribution in [-0.2, 0) is 4.79 Å². The largest absolute Gasteiger partial charge is 0.481 e. The zero-order chi connectivity index (χ0) is 19.2. The number of aliphatic carboxylic acids is 1. The van der Waals surface area contributed by atoms with Crippen LogP contribution in [-0.4, -0.2) is 40.5 Å². The maximum absolute atomic E-state index is 12.6. The van der Waals surface area contributed by atoms with E-state index in [0.717, 1.165) is 6.42 Å². The minimum Gasteiger partial charge on any atom is -0.481 e. The van der Waals surface area contributed by atoms with Crippen molar-refractivity contribution in [2.75, 3.05) is 17.2 Å². The van der Waals surface area contributed by atoms with Crippen LogP contribution in [0.4, 0.5) is 16.2 Å². The Morgan fingerprint density at radius 3 is 2.22 bits per heavy atom. The molecule has 0 bridgehead atoms. The highest BCUT2D eigenvalue weighted by Crippen LogP contribution is 2.23. The van der Waals surface area contributed by atoms with E-state index in [1.54, 1.807) is 41.3 Å². The van der Waals surface area contributed by atoms with E-state index in [1.807, 2.05) is 18.2 Å². The third kappa shape index (κ3) is 4.84. The number of urea groups is 1. The number of nitrogens with one attached hydrogen (secondary N) is 2. The molecular weight excluding hydrogens is 346 g/mol. The van der Waals surface area contributed by atoms with Gasteiger partial charge in [0.2, 0.25) is 0 Å². The summed E-state index contributed by atoms with van der Waals surface area (Å²) in [6.45, 7) is 0.566. The molecule has 1 atom stereocenters. The van der Waals surface area contributed by atoms with E-state index < -0.39 is 5.97 Å². The molecule has 3 amide bonds. The zero-order valence-corrected chi connectivity index (χ0v) is 14.7. The van der Waals surface area contributed by atoms with Gasteiger partial charge in [-0.1, -0.05) is 18.2 Å². The predicted octanol–water partition coefficient (Wildman–Crippen LogP) is 3.41. The van der Waals surface area contributed by atoms with E-state index in [-0.39, 0.29) is 24.4 Å². The Bertz CT molecular complexity index is 821. The Morgan fingerprint density at radius 1 is 0.963 bits per heavy atom. The first kappa shape index (κ1) is 18.4. The molecule has 140 valence electrons. The van der Waals surface area contributed by atoms with Crippen LogP contribution >= 0.6 is 0 Å². The minimum absolute atomic E-state index is 0.0367. The molecule has 1 saturated heterocycles. The standard InChI is InChI=1S/C20H21N3O4/c24-18(25)13-17-7-4-12-23(17)19(26)14-8-10-16(11-9-14)22-20(27)21-15-5-2-1-3-6-15/h1-3,5-6,8-11,17H,4,7,12-13H2,(H,24,25)(H2,21,22,27). The van der Waals surface area contributed by atoms with E-state index in [4.69, 9.17) is 5.11 Å². The number of benzene rings is 2. The molecule has 27 heavy (non-hydrogen) atoms. The van der Waals surface area contributed by atoms with Crippen molar-refractivity contribution in [1.82, 2.24) is 4.90 Å². The van der Waals surface area contributed by atoms with E-state index in [2.05, 4.69) is 10.6 Å². The van der Waals surface area contributed by atoms with E-state index >= 15 is 0 Å². The van der Waals surface area contributed by atoms with Gasteiger partial charge in [-0.05, 0) is 49.2 Å². The van der Waals surface area contributed by atoms with Gasteiger partial charge >= 0.3 is 12.0 Å². The number of carbonyl (C=O) groups excluding carboxylic acids is 2. The molecule has 0 spiro atoms. The summed E-state index contributed by atoms with van der Waals surface area (Å²) in [6.07, 6.45) is 1.48. The van der Waals surface area contributed by atoms with Gasteiger partial charge in [-0.2, -0.15) is 0 Å². The number of hydrogen-bond acceptors (Lipinski definition) is 3. The lowest BCUT2D eigenvalue weighted by atomic mass is 10.1. The highest BCUT2D eigenvalue weighted by Gasteiger charge is 2.30. The Hall–Kier alpha value is -3.35. The lowest BCUT2D eigenvalue weighted by Gasteiger charge is -2.23. The molecule has 7 heteroatoms. The van der Waals surface area contributed by atoms with Crippen LogP contribution in [0.15, 0.2) is 54.6 Å². The average molecular weight is 367 g/mol. The summed E-state index contributed by atoms with van der Waals surface area (Å²) in [5.74, 6) is -1.08. The number of rotatable bonds is 5. The maximum atomic E-state index is 12.6. The number of likely N-dealkylation sites (tertiary alicyclic amines) is 1. The van der Waals surface area contributed by atoms with E-state index in [0.29, 0.717) is 29.9 Å². The van der Waals surface area contributed by atoms with Crippen molar-refractivity contribution in [2.45, 2.75) is 25.3 Å². The Balaban J connectivity index is 1.60. The van der Waals surface area contributed by atoms with Gasteiger partial charge in [0.1, 0.15) is 0 Å². The first-order valence-electron chi connectivity index (χ1n) is 8.79. The Labute approximate surface area is 157 Å². The summed E-state index contributed by atoms with van der Waals surface area (Å²) < 4.78 is 0. The molecule has 1 aliphatic rings. The highest BCUT2D eigenvalue weighted by atomic mass is 16.4. The number of carbonyl (C=O) groups is 3. The molecule has 2 aromatic carbocycles. The van der Waals surface area contributed by atoms with Gasteiger partial charge in [-0.15, -0.1) is 0 Å². The van der Waals surface area contributed by atoms with Crippen LogP contribution in [0, 0.1) is 0 Å². The van der Waals surface area contributed by atoms with Gasteiger partial charge < -0.3 is 20.6 Å². The van der Waals surface area contributed by atoms with Crippen LogP contribution in [0.3, 0.4) is 0 Å². The molecule has 1 heterocycles. The summed E-state index contributed by atoms with van der Waals surface area (Å²) in [7, 11) is 0. The van der Waals surface area contributed by atoms with Crippen molar-refractivity contribution in [3.8, 4) is 0 Å². The smallest absolute Gasteiger partial charge is 0.323 e. The fourth-order valence-electron chi connectivity index (χ4n) is 3.19. The van der Waals surface area contributed by atoms with Crippen molar-refractivity contribution in [1.29, 1.82) is 0 Å². The second kappa shape index (κ2) is 8.35. The van der Waals surface area contributed by atoms with Gasteiger partial charge in [0, 0.05) is 29.5 Å². The van der Waals surface area contributed by atoms with Gasteiger partial charge in [-0.3, -0.25) is 9.59 Å². The quantitative estimate of drug-likeness (QED) is 0.754. The average Bonchev–Trinajstić information content (AvgIpc) is 3.10. The fourth-order valence-corrected chi connectivity index (χ4v) is 3.19. The van der Waals surface area contributed by atoms with Crippen molar-refractivity contribution >= 4 is 29.3 Å². The first-order chi connectivity index (χ1) is 13.0. The number of amides is 3. The van der Waals surface area contributed by atoms with Gasteiger partial charge in [0.25, 0.3) is 5.91 Å². The third-order valence-corrected chi connectivity index (χ3v) is 4.47. The zero-order valence-electron chi connectivity index (χ0n) is 14.7. The van der Waals surface area contributed by atoms with Gasteiger partial charge in [0.15, 0.2) is 0 Å². The van der Waals surface area contributed by atoms with Crippen LogP contribution < -0.4 is 10.6 Å². The summed E-state index contributed by atoms with van der Waals surface area (Å²) in [6, 6.07) is 15.0. The van der Waals surface area contributed by atoms with Crippen molar-refractivity contribution < 1.29 is 19.5 Å². The number of carboxylic acid groups (broad SMARTS) is 1. The summed E-state index contributed by atoms with van der Waals surface area (Å²) in [5.41, 5.74) is 1.71. The maximum Gasteiger partial charge on any atom is 0.323 e. The topological polar surface area (TPSA) is 98.7 Å². The molecule has 3 N–H and O–H groups in total. The Morgan fingerprint density at radius 2 is 1.59 bits per heavy atom. The van der Waals surface area contributed by atoms with Crippen LogP contribution in [0.25, 0.3) is 0 Å². The summed E-state index contributed by atoms with van der Waals surface area (Å²) in [5, 5.41) is 14.4. The van der Waals surface area contributed by atoms with Gasteiger partial charge in [0.05, 0.1) is 6.42 Å². The monoisotopic (exact) mass is 367 g/mol. The van der Waals surface area contributed by atoms with Crippen LogP contribution in [0.2, 0.25) is 0 Å². The van der Waals surface area contributed by atoms with Crippen molar-refractivity contribution in [2.24, 2.45) is 0 Å². The minimum atomic E-state index is -0.899. The summed E-state index contributed by atoms with van der Waals surface area (Å²) in [4.78, 5) is 37.2. The van der Waals surface area contributed by atoms with Crippen LogP contribution in [0.1, 0.15) is 29.6 Å². The molecule has 0 aromatic heterocycles. The molecule has 1 unspecified atom stereocenters. The molecule has 3 rings (SSSR count). The first-order valence-corrected chi connectivity index (χ1v) is 8.79. The molecule has 1 fully saturated rings. The fraction of sp³-hybridized carbons (Fsp3) is 0.250. The SMILES string of the molecule is O=C(O)CC1CCCN1C(=O)c1ccc(NC(=O)Nc2ccccc2)cc1. The highest BCUT2D eigenvalue weighted by molar-refractivity contribution is 6.00. The van der Waals surface area contributed by atoms with Crippen molar-refractivity contribution in [3.63, 3.8) is 0 Å². The molecular formula is C20H21N3O4. The Kier molecular flexibility index (Phi) is 5.71. The number of para-hydroxylation sites is 1. The molecule has 0 saturated carbocycles. The molecule has 0 aliphatic carbocycles. The molecule has 7 nitrogen and oxygen atoms in total.